The van der Waals surface area contributed by atoms with Crippen molar-refractivity contribution in [2.45, 2.75) is 225 Å². The maximum Gasteiger partial charge on any atom is 0.322 e. The van der Waals surface area contributed by atoms with Crippen LogP contribution < -0.4 is 5.32 Å². The minimum absolute atomic E-state index is 0.0818. The molecule has 1 unspecified atom stereocenters. The van der Waals surface area contributed by atoms with Crippen LogP contribution in [0.5, 0.6) is 0 Å². The third-order valence-electron chi connectivity index (χ3n) is 9.33. The molecule has 0 radical (unpaired) electrons. The van der Waals surface area contributed by atoms with Gasteiger partial charge in [-0.15, -0.1) is 0 Å². The number of ether oxygens (including phenoxy) is 1. The van der Waals surface area contributed by atoms with Gasteiger partial charge in [0, 0.05) is 12.8 Å². The van der Waals surface area contributed by atoms with E-state index in [1.165, 1.54) is 141 Å². The van der Waals surface area contributed by atoms with E-state index in [2.05, 4.69) is 43.5 Å². The number of carboxylic acid groups (broad SMARTS) is 1. The molecule has 6 heteroatoms. The van der Waals surface area contributed by atoms with Crippen molar-refractivity contribution in [1.29, 1.82) is 0 Å². The van der Waals surface area contributed by atoms with Crippen molar-refractivity contribution in [3.8, 4) is 0 Å². The molecule has 0 heterocycles. The van der Waals surface area contributed by atoms with Crippen LogP contribution >= 0.6 is 0 Å². The fourth-order valence-corrected chi connectivity index (χ4v) is 6.18. The van der Waals surface area contributed by atoms with Gasteiger partial charge in [0.05, 0.1) is 0 Å². The van der Waals surface area contributed by atoms with Gasteiger partial charge >= 0.3 is 11.9 Å². The highest BCUT2D eigenvalue weighted by molar-refractivity contribution is 5.80. The van der Waals surface area contributed by atoms with Crippen LogP contribution in [0, 0.1) is 0 Å². The first-order chi connectivity index (χ1) is 24.0. The Morgan fingerprint density at radius 2 is 0.939 bits per heavy atom. The molecule has 0 aromatic heterocycles. The van der Waals surface area contributed by atoms with Crippen molar-refractivity contribution in [2.24, 2.45) is 0 Å². The van der Waals surface area contributed by atoms with Crippen molar-refractivity contribution in [3.05, 3.63) is 24.3 Å². The van der Waals surface area contributed by atoms with Crippen LogP contribution in [0.3, 0.4) is 0 Å². The lowest BCUT2D eigenvalue weighted by molar-refractivity contribution is -0.147. The summed E-state index contributed by atoms with van der Waals surface area (Å²) in [4.78, 5) is 34.9. The fraction of sp³-hybridized carbons (Fsp3) is 0.837. The summed E-state index contributed by atoms with van der Waals surface area (Å²) >= 11 is 0. The number of amides is 1. The molecule has 0 aliphatic heterocycles. The van der Waals surface area contributed by atoms with Crippen LogP contribution in [-0.2, 0) is 19.1 Å². The number of hydrogen-bond donors (Lipinski definition) is 2. The summed E-state index contributed by atoms with van der Waals surface area (Å²) < 4.78 is 5.91. The average Bonchev–Trinajstić information content (AvgIpc) is 3.08. The Hall–Kier alpha value is -2.11. The van der Waals surface area contributed by atoms with Gasteiger partial charge in [-0.05, 0) is 70.3 Å². The largest absolute Gasteiger partial charge is 0.480 e. The number of hydrogen-bond acceptors (Lipinski definition) is 4. The molecule has 6 nitrogen and oxygen atoms in total. The molecule has 0 rings (SSSR count). The highest BCUT2D eigenvalue weighted by Crippen LogP contribution is 2.16. The summed E-state index contributed by atoms with van der Waals surface area (Å²) in [6, 6.07) is 0. The quantitative estimate of drug-likeness (QED) is 0.0382. The summed E-state index contributed by atoms with van der Waals surface area (Å²) in [5.74, 6) is -1.32. The lowest BCUT2D eigenvalue weighted by Gasteiger charge is -2.15. The maximum atomic E-state index is 12.7. The number of unbranched alkanes of at least 4 members (excludes halogenated alkanes) is 25. The van der Waals surface area contributed by atoms with Crippen LogP contribution in [0.25, 0.3) is 0 Å². The standard InChI is InChI=1S/C43H79NO5/c1-3-5-7-9-11-13-14-15-16-17-18-19-20-21-22-24-26-28-34-38-43(48)49-40(35-31-27-25-23-12-10-8-6-4-2)36-32-29-30-33-37-41(45)44-39-42(46)47/h15-16,31,35,40H,3-14,17-30,32-34,36-39H2,1-2H3,(H,44,45)(H,46,47)/b16-15-,35-31-. The van der Waals surface area contributed by atoms with Gasteiger partial charge in [0.2, 0.25) is 5.91 Å². The summed E-state index contributed by atoms with van der Waals surface area (Å²) in [5.41, 5.74) is 0. The Morgan fingerprint density at radius 3 is 1.43 bits per heavy atom. The average molecular weight is 690 g/mol. The van der Waals surface area contributed by atoms with Crippen LogP contribution in [0.4, 0.5) is 0 Å². The summed E-state index contributed by atoms with van der Waals surface area (Å²) in [6.45, 7) is 4.20. The monoisotopic (exact) mass is 690 g/mol. The van der Waals surface area contributed by atoms with E-state index in [4.69, 9.17) is 9.84 Å². The third kappa shape index (κ3) is 38.5. The van der Waals surface area contributed by atoms with Crippen LogP contribution in [0.2, 0.25) is 0 Å². The van der Waals surface area contributed by atoms with E-state index >= 15 is 0 Å². The number of allylic oxidation sites excluding steroid dienone is 3. The summed E-state index contributed by atoms with van der Waals surface area (Å²) in [7, 11) is 0. The van der Waals surface area contributed by atoms with E-state index in [-0.39, 0.29) is 24.5 Å². The molecule has 0 aromatic rings. The van der Waals surface area contributed by atoms with Crippen molar-refractivity contribution in [2.75, 3.05) is 6.54 Å². The molecule has 1 amide bonds. The van der Waals surface area contributed by atoms with E-state index < -0.39 is 5.97 Å². The lowest BCUT2D eigenvalue weighted by Crippen LogP contribution is -2.28. The van der Waals surface area contributed by atoms with Crippen LogP contribution in [0.15, 0.2) is 24.3 Å². The molecule has 0 aliphatic carbocycles. The molecular weight excluding hydrogens is 610 g/mol. The van der Waals surface area contributed by atoms with E-state index in [9.17, 15) is 14.4 Å². The maximum absolute atomic E-state index is 12.7. The summed E-state index contributed by atoms with van der Waals surface area (Å²) in [5, 5.41) is 11.1. The van der Waals surface area contributed by atoms with Crippen molar-refractivity contribution in [1.82, 2.24) is 5.32 Å². The highest BCUT2D eigenvalue weighted by Gasteiger charge is 2.12. The van der Waals surface area contributed by atoms with Gasteiger partial charge in [0.25, 0.3) is 0 Å². The number of rotatable bonds is 38. The second-order valence-corrected chi connectivity index (χ2v) is 14.2. The first-order valence-corrected chi connectivity index (χ1v) is 21.0. The van der Waals surface area contributed by atoms with Gasteiger partial charge in [0.15, 0.2) is 0 Å². The zero-order chi connectivity index (χ0) is 35.9. The second-order valence-electron chi connectivity index (χ2n) is 14.2. The normalized spacial score (nSPS) is 12.2. The van der Waals surface area contributed by atoms with Crippen molar-refractivity contribution < 1.29 is 24.2 Å². The Kier molecular flexibility index (Phi) is 37.0. The SMILES string of the molecule is CCCCCCCC/C=C\CCCCCCCCCCCC(=O)OC(/C=C\CCCCCCCCC)CCCCCCC(=O)NCC(=O)O. The second kappa shape index (κ2) is 38.7. The van der Waals surface area contributed by atoms with Crippen LogP contribution in [0.1, 0.15) is 219 Å². The molecule has 286 valence electrons. The molecule has 0 saturated heterocycles. The third-order valence-corrected chi connectivity index (χ3v) is 9.33. The molecule has 0 saturated carbocycles. The Morgan fingerprint density at radius 1 is 0.531 bits per heavy atom. The van der Waals surface area contributed by atoms with E-state index in [1.54, 1.807) is 0 Å². The van der Waals surface area contributed by atoms with Gasteiger partial charge < -0.3 is 15.2 Å². The predicted octanol–water partition coefficient (Wildman–Crippen LogP) is 12.7. The highest BCUT2D eigenvalue weighted by atomic mass is 16.5. The number of carboxylic acids is 1. The van der Waals surface area contributed by atoms with Crippen LogP contribution in [-0.4, -0.2) is 35.6 Å². The smallest absolute Gasteiger partial charge is 0.322 e. The van der Waals surface area contributed by atoms with Crippen molar-refractivity contribution >= 4 is 17.8 Å². The Balaban J connectivity index is 4.06. The molecule has 2 N–H and O–H groups in total. The summed E-state index contributed by atoms with van der Waals surface area (Å²) in [6.07, 6.45) is 46.0. The van der Waals surface area contributed by atoms with Crippen molar-refractivity contribution in [3.63, 3.8) is 0 Å². The number of carbonyl (C=O) groups excluding carboxylic acids is 2. The van der Waals surface area contributed by atoms with Gasteiger partial charge in [-0.25, -0.2) is 0 Å². The van der Waals surface area contributed by atoms with Gasteiger partial charge in [-0.2, -0.15) is 0 Å². The minimum Gasteiger partial charge on any atom is -0.480 e. The minimum atomic E-state index is -1.03. The van der Waals surface area contributed by atoms with Gasteiger partial charge in [-0.1, -0.05) is 160 Å². The number of aliphatic carboxylic acids is 1. The molecular formula is C43H79NO5. The first kappa shape index (κ1) is 46.9. The number of nitrogens with one attached hydrogen (secondary N) is 1. The molecule has 0 aromatic carbocycles. The number of esters is 1. The van der Waals surface area contributed by atoms with E-state index in [0.29, 0.717) is 12.8 Å². The molecule has 49 heavy (non-hydrogen) atoms. The number of carbonyl (C=O) groups is 3. The molecule has 1 atom stereocenters. The predicted molar refractivity (Wildman–Crippen MR) is 208 cm³/mol. The molecule has 0 spiro atoms. The topological polar surface area (TPSA) is 92.7 Å². The molecule has 0 bridgehead atoms. The van der Waals surface area contributed by atoms with Gasteiger partial charge in [0.1, 0.15) is 12.6 Å². The fourth-order valence-electron chi connectivity index (χ4n) is 6.18. The zero-order valence-electron chi connectivity index (χ0n) is 32.3. The van der Waals surface area contributed by atoms with E-state index in [0.717, 1.165) is 51.4 Å². The zero-order valence-corrected chi connectivity index (χ0v) is 32.3. The van der Waals surface area contributed by atoms with Gasteiger partial charge in [-0.3, -0.25) is 14.4 Å². The van der Waals surface area contributed by atoms with E-state index in [1.807, 2.05) is 0 Å². The first-order valence-electron chi connectivity index (χ1n) is 21.0. The molecule has 0 aliphatic rings. The molecule has 0 fully saturated rings. The lowest BCUT2D eigenvalue weighted by atomic mass is 10.0. The Labute approximate surface area is 303 Å². The Bertz CT molecular complexity index is 808.